The van der Waals surface area contributed by atoms with E-state index in [1.807, 2.05) is 36.4 Å². The number of carbonyl (C=O) groups is 2. The number of nitrogens with one attached hydrogen (secondary N) is 1. The molecule has 2 heterocycles. The normalized spacial score (nSPS) is 21.1. The monoisotopic (exact) mass is 437 g/mol. The highest BCUT2D eigenvalue weighted by Crippen LogP contribution is 2.33. The maximum absolute atomic E-state index is 12.6. The van der Waals surface area contributed by atoms with Gasteiger partial charge in [-0.1, -0.05) is 36.4 Å². The summed E-state index contributed by atoms with van der Waals surface area (Å²) in [5.74, 6) is 0.468. The van der Waals surface area contributed by atoms with E-state index in [0.717, 1.165) is 31.8 Å². The van der Waals surface area contributed by atoms with Crippen molar-refractivity contribution in [2.24, 2.45) is 0 Å². The highest BCUT2D eigenvalue weighted by atomic mass is 16.5. The Morgan fingerprint density at radius 3 is 2.78 bits per heavy atom. The minimum absolute atomic E-state index is 0.0816. The first kappa shape index (κ1) is 22.3. The van der Waals surface area contributed by atoms with Crippen LogP contribution in [0.2, 0.25) is 0 Å². The fourth-order valence-electron chi connectivity index (χ4n) is 4.22. The second-order valence-corrected chi connectivity index (χ2v) is 8.48. The van der Waals surface area contributed by atoms with Gasteiger partial charge in [0.1, 0.15) is 5.75 Å². The molecule has 32 heavy (non-hydrogen) atoms. The molecule has 7 nitrogen and oxygen atoms in total. The number of morpholine rings is 1. The summed E-state index contributed by atoms with van der Waals surface area (Å²) in [6.45, 7) is 8.15. The molecule has 0 aliphatic carbocycles. The molecular formula is C25H31N3O4. The Labute approximate surface area is 189 Å². The lowest BCUT2D eigenvalue weighted by molar-refractivity contribution is -0.125. The summed E-state index contributed by atoms with van der Waals surface area (Å²) in [5.41, 5.74) is 3.02. The molecule has 170 valence electrons. The molecule has 1 fully saturated rings. The quantitative estimate of drug-likeness (QED) is 0.721. The predicted molar refractivity (Wildman–Crippen MR) is 122 cm³/mol. The van der Waals surface area contributed by atoms with E-state index in [0.29, 0.717) is 24.5 Å². The molecule has 4 rings (SSSR count). The summed E-state index contributed by atoms with van der Waals surface area (Å²) in [4.78, 5) is 29.1. The number of hydrogen-bond acceptors (Lipinski definition) is 5. The van der Waals surface area contributed by atoms with E-state index in [4.69, 9.17) is 9.47 Å². The molecule has 1 N–H and O–H groups in total. The van der Waals surface area contributed by atoms with Gasteiger partial charge in [0.2, 0.25) is 5.91 Å². The van der Waals surface area contributed by atoms with Crippen molar-refractivity contribution >= 4 is 17.5 Å². The van der Waals surface area contributed by atoms with Crippen molar-refractivity contribution in [1.82, 2.24) is 10.2 Å². The van der Waals surface area contributed by atoms with Crippen LogP contribution in [0.4, 0.5) is 5.69 Å². The molecule has 2 atom stereocenters. The smallest absolute Gasteiger partial charge is 0.267 e. The third-order valence-corrected chi connectivity index (χ3v) is 5.85. The van der Waals surface area contributed by atoms with Gasteiger partial charge < -0.3 is 19.7 Å². The molecule has 1 saturated heterocycles. The molecule has 0 radical (unpaired) electrons. The van der Waals surface area contributed by atoms with Crippen LogP contribution in [-0.4, -0.2) is 55.2 Å². The topological polar surface area (TPSA) is 71.1 Å². The second kappa shape index (κ2) is 10.1. The van der Waals surface area contributed by atoms with Gasteiger partial charge in [-0.15, -0.1) is 0 Å². The Balaban J connectivity index is 1.29. The molecule has 2 aromatic rings. The van der Waals surface area contributed by atoms with Gasteiger partial charge in [-0.05, 0) is 37.1 Å². The summed E-state index contributed by atoms with van der Waals surface area (Å²) in [5, 5.41) is 2.98. The minimum atomic E-state index is -0.551. The van der Waals surface area contributed by atoms with Gasteiger partial charge in [0.25, 0.3) is 5.91 Å². The molecule has 0 aromatic heterocycles. The molecule has 2 aliphatic heterocycles. The Bertz CT molecular complexity index is 964. The number of rotatable bonds is 7. The Morgan fingerprint density at radius 1 is 1.12 bits per heavy atom. The Morgan fingerprint density at radius 2 is 1.94 bits per heavy atom. The SMILES string of the molecule is C[C@@H]1CN(Cc2cccc(CNC(=O)CCN3C(=O)[C@@H](C)Oc4ccccc43)c2)CCO1. The van der Waals surface area contributed by atoms with E-state index >= 15 is 0 Å². The van der Waals surface area contributed by atoms with Gasteiger partial charge in [-0.3, -0.25) is 14.5 Å². The molecule has 0 bridgehead atoms. The zero-order valence-corrected chi connectivity index (χ0v) is 18.8. The lowest BCUT2D eigenvalue weighted by Crippen LogP contribution is -2.45. The summed E-state index contributed by atoms with van der Waals surface area (Å²) in [7, 11) is 0. The second-order valence-electron chi connectivity index (χ2n) is 8.48. The highest BCUT2D eigenvalue weighted by molar-refractivity contribution is 6.00. The standard InChI is InChI=1S/C25H31N3O4/c1-18-16-27(12-13-31-18)17-21-7-5-6-20(14-21)15-26-24(29)10-11-28-22-8-3-4-9-23(22)32-19(2)25(28)30/h3-9,14,18-19H,10-13,15-17H2,1-2H3,(H,26,29)/t18-,19-/m1/s1. The molecule has 0 spiro atoms. The molecule has 2 aromatic carbocycles. The van der Waals surface area contributed by atoms with Gasteiger partial charge >= 0.3 is 0 Å². The summed E-state index contributed by atoms with van der Waals surface area (Å²) in [6, 6.07) is 15.7. The number of hydrogen-bond donors (Lipinski definition) is 1. The Kier molecular flexibility index (Phi) is 7.07. The number of nitrogens with zero attached hydrogens (tertiary/aromatic N) is 2. The maximum Gasteiger partial charge on any atom is 0.267 e. The average Bonchev–Trinajstić information content (AvgIpc) is 2.78. The van der Waals surface area contributed by atoms with Crippen LogP contribution in [0.5, 0.6) is 5.75 Å². The van der Waals surface area contributed by atoms with E-state index in [1.165, 1.54) is 5.56 Å². The van der Waals surface area contributed by atoms with Crippen molar-refractivity contribution in [2.75, 3.05) is 31.1 Å². The largest absolute Gasteiger partial charge is 0.479 e. The van der Waals surface area contributed by atoms with Crippen LogP contribution >= 0.6 is 0 Å². The summed E-state index contributed by atoms with van der Waals surface area (Å²) >= 11 is 0. The van der Waals surface area contributed by atoms with Crippen molar-refractivity contribution in [2.45, 2.75) is 45.6 Å². The zero-order valence-electron chi connectivity index (χ0n) is 18.8. The van der Waals surface area contributed by atoms with Gasteiger partial charge in [0, 0.05) is 39.1 Å². The molecular weight excluding hydrogens is 406 g/mol. The minimum Gasteiger partial charge on any atom is -0.479 e. The van der Waals surface area contributed by atoms with Crippen LogP contribution in [0.3, 0.4) is 0 Å². The van der Waals surface area contributed by atoms with E-state index in [1.54, 1.807) is 11.8 Å². The van der Waals surface area contributed by atoms with Crippen LogP contribution < -0.4 is 15.0 Å². The molecule has 0 saturated carbocycles. The number of fused-ring (bicyclic) bond motifs is 1. The van der Waals surface area contributed by atoms with Crippen LogP contribution in [0.1, 0.15) is 31.4 Å². The zero-order chi connectivity index (χ0) is 22.5. The predicted octanol–water partition coefficient (Wildman–Crippen LogP) is 2.73. The lowest BCUT2D eigenvalue weighted by Gasteiger charge is -2.32. The van der Waals surface area contributed by atoms with Crippen LogP contribution in [0.25, 0.3) is 0 Å². The van der Waals surface area contributed by atoms with Gasteiger partial charge in [-0.25, -0.2) is 0 Å². The molecule has 2 amide bonds. The first-order valence-electron chi connectivity index (χ1n) is 11.2. The first-order chi connectivity index (χ1) is 15.5. The molecule has 7 heteroatoms. The first-order valence-corrected chi connectivity index (χ1v) is 11.2. The number of anilines is 1. The van der Waals surface area contributed by atoms with Crippen molar-refractivity contribution < 1.29 is 19.1 Å². The third kappa shape index (κ3) is 5.47. The van der Waals surface area contributed by atoms with Crippen LogP contribution in [-0.2, 0) is 27.4 Å². The summed E-state index contributed by atoms with van der Waals surface area (Å²) in [6.07, 6.45) is -0.0531. The van der Waals surface area contributed by atoms with E-state index < -0.39 is 6.10 Å². The number of amides is 2. The fourth-order valence-corrected chi connectivity index (χ4v) is 4.22. The maximum atomic E-state index is 12.6. The van der Waals surface area contributed by atoms with Crippen molar-refractivity contribution in [3.8, 4) is 5.75 Å². The van der Waals surface area contributed by atoms with E-state index in [-0.39, 0.29) is 24.3 Å². The van der Waals surface area contributed by atoms with E-state index in [2.05, 4.69) is 29.3 Å². The van der Waals surface area contributed by atoms with Crippen molar-refractivity contribution in [1.29, 1.82) is 0 Å². The number of benzene rings is 2. The van der Waals surface area contributed by atoms with Gasteiger partial charge in [0.05, 0.1) is 18.4 Å². The lowest BCUT2D eigenvalue weighted by atomic mass is 10.1. The van der Waals surface area contributed by atoms with Crippen LogP contribution in [0.15, 0.2) is 48.5 Å². The highest BCUT2D eigenvalue weighted by Gasteiger charge is 2.31. The van der Waals surface area contributed by atoms with Gasteiger partial charge in [-0.2, -0.15) is 0 Å². The van der Waals surface area contributed by atoms with Gasteiger partial charge in [0.15, 0.2) is 6.10 Å². The fraction of sp³-hybridized carbons (Fsp3) is 0.440. The number of ether oxygens (including phenoxy) is 2. The van der Waals surface area contributed by atoms with Crippen molar-refractivity contribution in [3.05, 3.63) is 59.7 Å². The Hall–Kier alpha value is -2.90. The molecule has 2 aliphatic rings. The average molecular weight is 438 g/mol. The summed E-state index contributed by atoms with van der Waals surface area (Å²) < 4.78 is 11.3. The van der Waals surface area contributed by atoms with E-state index in [9.17, 15) is 9.59 Å². The number of carbonyl (C=O) groups excluding carboxylic acids is 2. The van der Waals surface area contributed by atoms with Crippen molar-refractivity contribution in [3.63, 3.8) is 0 Å². The third-order valence-electron chi connectivity index (χ3n) is 5.85. The molecule has 0 unspecified atom stereocenters. The number of para-hydroxylation sites is 2. The van der Waals surface area contributed by atoms with Crippen LogP contribution in [0, 0.1) is 0 Å².